The van der Waals surface area contributed by atoms with Crippen LogP contribution in [0.4, 0.5) is 0 Å². The maximum Gasteiger partial charge on any atom is 0.270 e. The highest BCUT2D eigenvalue weighted by atomic mass is 32.1. The van der Waals surface area contributed by atoms with E-state index in [1.54, 1.807) is 5.38 Å². The molecule has 0 saturated heterocycles. The number of carbonyl (C=O) groups excluding carboxylic acids is 1. The maximum absolute atomic E-state index is 12.0. The number of nitrogens with one attached hydrogen (secondary N) is 1. The van der Waals surface area contributed by atoms with Crippen molar-refractivity contribution < 1.29 is 9.53 Å². The van der Waals surface area contributed by atoms with E-state index < -0.39 is 0 Å². The molecule has 0 spiro atoms. The number of amides is 1. The average Bonchev–Trinajstić information content (AvgIpc) is 2.98. The molecule has 0 unspecified atom stereocenters. The Morgan fingerprint density at radius 1 is 1.35 bits per heavy atom. The van der Waals surface area contributed by atoms with Crippen LogP contribution in [-0.4, -0.2) is 16.9 Å². The Morgan fingerprint density at radius 2 is 2.09 bits per heavy atom. The van der Waals surface area contributed by atoms with E-state index in [9.17, 15) is 4.79 Å². The molecular formula is C18H24N2O2S. The van der Waals surface area contributed by atoms with E-state index in [-0.39, 0.29) is 11.9 Å². The van der Waals surface area contributed by atoms with Crippen LogP contribution in [0.1, 0.15) is 52.5 Å². The number of hydrogen-bond acceptors (Lipinski definition) is 4. The Hall–Kier alpha value is -1.88. The summed E-state index contributed by atoms with van der Waals surface area (Å²) in [7, 11) is 0. The van der Waals surface area contributed by atoms with Crippen molar-refractivity contribution in [3.63, 3.8) is 0 Å². The van der Waals surface area contributed by atoms with Crippen LogP contribution in [0.15, 0.2) is 17.5 Å². The molecule has 1 N–H and O–H groups in total. The van der Waals surface area contributed by atoms with Crippen LogP contribution >= 0.6 is 11.3 Å². The second-order valence-electron chi connectivity index (χ2n) is 5.90. The predicted molar refractivity (Wildman–Crippen MR) is 94.3 cm³/mol. The van der Waals surface area contributed by atoms with E-state index in [0.717, 1.165) is 22.7 Å². The van der Waals surface area contributed by atoms with Gasteiger partial charge in [0, 0.05) is 11.4 Å². The summed E-state index contributed by atoms with van der Waals surface area (Å²) in [5.41, 5.74) is 4.00. The number of aromatic nitrogens is 1. The van der Waals surface area contributed by atoms with E-state index in [2.05, 4.69) is 37.1 Å². The minimum atomic E-state index is -0.121. The van der Waals surface area contributed by atoms with Gasteiger partial charge in [0.2, 0.25) is 0 Å². The zero-order valence-corrected chi connectivity index (χ0v) is 15.2. The quantitative estimate of drug-likeness (QED) is 0.863. The summed E-state index contributed by atoms with van der Waals surface area (Å²) < 4.78 is 5.90. The van der Waals surface area contributed by atoms with Crippen LogP contribution in [0.25, 0.3) is 0 Å². The first-order valence-electron chi connectivity index (χ1n) is 7.86. The smallest absolute Gasteiger partial charge is 0.270 e. The van der Waals surface area contributed by atoms with Crippen molar-refractivity contribution >= 4 is 17.2 Å². The minimum absolute atomic E-state index is 0.121. The monoisotopic (exact) mass is 332 g/mol. The first kappa shape index (κ1) is 17.5. The van der Waals surface area contributed by atoms with Gasteiger partial charge in [0.25, 0.3) is 5.91 Å². The van der Waals surface area contributed by atoms with Gasteiger partial charge in [0.1, 0.15) is 23.1 Å². The van der Waals surface area contributed by atoms with Gasteiger partial charge in [-0.05, 0) is 56.9 Å². The molecular weight excluding hydrogens is 308 g/mol. The number of thiazole rings is 1. The molecule has 0 aliphatic rings. The van der Waals surface area contributed by atoms with Gasteiger partial charge in [-0.15, -0.1) is 11.3 Å². The van der Waals surface area contributed by atoms with Gasteiger partial charge < -0.3 is 10.1 Å². The second-order valence-corrected chi connectivity index (χ2v) is 6.85. The number of ether oxygens (including phenoxy) is 1. The molecule has 1 atom stereocenters. The molecule has 124 valence electrons. The molecule has 0 aliphatic heterocycles. The van der Waals surface area contributed by atoms with E-state index in [1.165, 1.54) is 22.5 Å². The Kier molecular flexibility index (Phi) is 5.77. The topological polar surface area (TPSA) is 51.2 Å². The van der Waals surface area contributed by atoms with Crippen LogP contribution < -0.4 is 10.1 Å². The van der Waals surface area contributed by atoms with Gasteiger partial charge in [-0.2, -0.15) is 0 Å². The lowest BCUT2D eigenvalue weighted by Gasteiger charge is -2.11. The van der Waals surface area contributed by atoms with E-state index in [0.29, 0.717) is 12.3 Å². The molecule has 1 aromatic carbocycles. The zero-order chi connectivity index (χ0) is 17.0. The molecule has 2 rings (SSSR count). The summed E-state index contributed by atoms with van der Waals surface area (Å²) in [6, 6.07) is 4.33. The highest BCUT2D eigenvalue weighted by Crippen LogP contribution is 2.24. The largest absolute Gasteiger partial charge is 0.486 e. The van der Waals surface area contributed by atoms with Crippen LogP contribution in [0, 0.1) is 20.8 Å². The summed E-state index contributed by atoms with van der Waals surface area (Å²) >= 11 is 1.45. The molecule has 4 nitrogen and oxygen atoms in total. The highest BCUT2D eigenvalue weighted by molar-refractivity contribution is 7.09. The fraction of sp³-hybridized carbons (Fsp3) is 0.444. The van der Waals surface area contributed by atoms with Crippen LogP contribution in [-0.2, 0) is 6.61 Å². The van der Waals surface area contributed by atoms with Gasteiger partial charge in [-0.3, -0.25) is 4.79 Å². The van der Waals surface area contributed by atoms with Gasteiger partial charge in [0.05, 0.1) is 0 Å². The van der Waals surface area contributed by atoms with E-state index in [4.69, 9.17) is 4.74 Å². The van der Waals surface area contributed by atoms with Gasteiger partial charge in [0.15, 0.2) is 0 Å². The van der Waals surface area contributed by atoms with Gasteiger partial charge >= 0.3 is 0 Å². The van der Waals surface area contributed by atoms with Crippen molar-refractivity contribution in [3.8, 4) is 5.75 Å². The third kappa shape index (κ3) is 4.55. The number of carbonyl (C=O) groups is 1. The fourth-order valence-corrected chi connectivity index (χ4v) is 2.86. The van der Waals surface area contributed by atoms with Crippen LogP contribution in [0.3, 0.4) is 0 Å². The zero-order valence-electron chi connectivity index (χ0n) is 14.4. The Balaban J connectivity index is 2.01. The lowest BCUT2D eigenvalue weighted by molar-refractivity contribution is 0.0934. The van der Waals surface area contributed by atoms with Crippen molar-refractivity contribution in [2.24, 2.45) is 0 Å². The van der Waals surface area contributed by atoms with E-state index >= 15 is 0 Å². The third-order valence-electron chi connectivity index (χ3n) is 3.89. The normalized spacial score (nSPS) is 12.0. The molecule has 1 amide bonds. The lowest BCUT2D eigenvalue weighted by atomic mass is 10.1. The molecule has 1 heterocycles. The number of nitrogens with zero attached hydrogens (tertiary/aromatic N) is 1. The second kappa shape index (κ2) is 7.59. The van der Waals surface area contributed by atoms with E-state index in [1.807, 2.05) is 19.9 Å². The average molecular weight is 332 g/mol. The Labute approximate surface area is 141 Å². The van der Waals surface area contributed by atoms with Crippen molar-refractivity contribution in [3.05, 3.63) is 44.9 Å². The molecule has 0 saturated carbocycles. The summed E-state index contributed by atoms with van der Waals surface area (Å²) in [6.45, 7) is 10.6. The first-order chi connectivity index (χ1) is 10.9. The molecule has 0 fully saturated rings. The first-order valence-corrected chi connectivity index (χ1v) is 8.74. The summed E-state index contributed by atoms with van der Waals surface area (Å²) in [5.74, 6) is 0.757. The molecule has 1 aromatic heterocycles. The molecule has 0 aliphatic carbocycles. The standard InChI is InChI=1S/C18H24N2O2S/c1-6-13(4)19-18(21)15-10-23-17(20-15)9-22-16-8-11(2)7-12(3)14(16)5/h7-8,10,13H,6,9H2,1-5H3,(H,19,21)/t13-/m1/s1. The van der Waals surface area contributed by atoms with Crippen molar-refractivity contribution in [2.45, 2.75) is 53.7 Å². The van der Waals surface area contributed by atoms with Crippen molar-refractivity contribution in [1.29, 1.82) is 0 Å². The molecule has 2 aromatic rings. The number of rotatable bonds is 6. The number of hydrogen-bond donors (Lipinski definition) is 1. The summed E-state index contributed by atoms with van der Waals surface area (Å²) in [6.07, 6.45) is 0.901. The molecule has 0 radical (unpaired) electrons. The summed E-state index contributed by atoms with van der Waals surface area (Å²) in [4.78, 5) is 16.4. The summed E-state index contributed by atoms with van der Waals surface area (Å²) in [5, 5.41) is 5.51. The van der Waals surface area contributed by atoms with Crippen LogP contribution in [0.5, 0.6) is 5.75 Å². The fourth-order valence-electron chi connectivity index (χ4n) is 2.17. The predicted octanol–water partition coefficient (Wildman–Crippen LogP) is 4.18. The number of aryl methyl sites for hydroxylation is 2. The van der Waals surface area contributed by atoms with Gasteiger partial charge in [-0.1, -0.05) is 13.0 Å². The third-order valence-corrected chi connectivity index (χ3v) is 4.71. The van der Waals surface area contributed by atoms with Crippen LogP contribution in [0.2, 0.25) is 0 Å². The highest BCUT2D eigenvalue weighted by Gasteiger charge is 2.13. The number of benzene rings is 1. The van der Waals surface area contributed by atoms with Crippen molar-refractivity contribution in [1.82, 2.24) is 10.3 Å². The lowest BCUT2D eigenvalue weighted by Crippen LogP contribution is -2.32. The molecule has 23 heavy (non-hydrogen) atoms. The molecule has 5 heteroatoms. The minimum Gasteiger partial charge on any atom is -0.486 e. The van der Waals surface area contributed by atoms with Crippen molar-refractivity contribution in [2.75, 3.05) is 0 Å². The molecule has 0 bridgehead atoms. The Morgan fingerprint density at radius 3 is 2.78 bits per heavy atom. The van der Waals surface area contributed by atoms with Gasteiger partial charge in [-0.25, -0.2) is 4.98 Å². The Bertz CT molecular complexity index is 694. The SMILES string of the molecule is CC[C@@H](C)NC(=O)c1csc(COc2cc(C)cc(C)c2C)n1. The maximum atomic E-state index is 12.0.